The van der Waals surface area contributed by atoms with Gasteiger partial charge in [0.05, 0.1) is 5.69 Å². The summed E-state index contributed by atoms with van der Waals surface area (Å²) in [7, 11) is 0. The first kappa shape index (κ1) is 17.3. The van der Waals surface area contributed by atoms with E-state index >= 15 is 0 Å². The molecule has 0 aliphatic heterocycles. The molecule has 0 bridgehead atoms. The third-order valence-electron chi connectivity index (χ3n) is 3.94. The zero-order chi connectivity index (χ0) is 17.6. The van der Waals surface area contributed by atoms with Gasteiger partial charge in [0.25, 0.3) is 0 Å². The minimum atomic E-state index is 0.0200. The standard InChI is InChI=1S/C20H21N3OS/c1-14(2)17-5-3-4-6-18(17)23-19(24)8-7-16-13-25-20(22-16)15-9-11-21-12-10-15/h3-6,9-14H,7-8H2,1-2H3,(H,23,24). The summed E-state index contributed by atoms with van der Waals surface area (Å²) in [5.41, 5.74) is 4.06. The number of thiazole rings is 1. The lowest BCUT2D eigenvalue weighted by Crippen LogP contribution is -2.14. The van der Waals surface area contributed by atoms with Crippen molar-refractivity contribution in [3.05, 3.63) is 65.4 Å². The van der Waals surface area contributed by atoms with E-state index in [2.05, 4.69) is 35.2 Å². The third kappa shape index (κ3) is 4.51. The number of rotatable bonds is 6. The van der Waals surface area contributed by atoms with E-state index in [9.17, 15) is 4.79 Å². The molecule has 0 aliphatic rings. The van der Waals surface area contributed by atoms with Crippen LogP contribution in [0.4, 0.5) is 5.69 Å². The van der Waals surface area contributed by atoms with E-state index in [1.807, 2.05) is 35.7 Å². The van der Waals surface area contributed by atoms with E-state index in [1.54, 1.807) is 23.7 Å². The maximum Gasteiger partial charge on any atom is 0.224 e. The topological polar surface area (TPSA) is 54.9 Å². The molecule has 0 saturated carbocycles. The molecule has 0 aliphatic carbocycles. The number of benzene rings is 1. The summed E-state index contributed by atoms with van der Waals surface area (Å²) in [6.45, 7) is 4.25. The molecule has 0 radical (unpaired) electrons. The van der Waals surface area contributed by atoms with Gasteiger partial charge in [-0.15, -0.1) is 11.3 Å². The number of anilines is 1. The molecule has 4 nitrogen and oxygen atoms in total. The van der Waals surface area contributed by atoms with Crippen LogP contribution in [0.2, 0.25) is 0 Å². The van der Waals surface area contributed by atoms with Gasteiger partial charge in [0.2, 0.25) is 5.91 Å². The molecule has 0 spiro atoms. The van der Waals surface area contributed by atoms with Gasteiger partial charge in [0, 0.05) is 35.4 Å². The number of carbonyl (C=O) groups excluding carboxylic acids is 1. The summed E-state index contributed by atoms with van der Waals surface area (Å²) in [6.07, 6.45) is 4.58. The highest BCUT2D eigenvalue weighted by Gasteiger charge is 2.11. The Morgan fingerprint density at radius 1 is 1.16 bits per heavy atom. The Kier molecular flexibility index (Phi) is 5.56. The van der Waals surface area contributed by atoms with Crippen LogP contribution < -0.4 is 5.32 Å². The minimum absolute atomic E-state index is 0.0200. The lowest BCUT2D eigenvalue weighted by Gasteiger charge is -2.13. The quantitative estimate of drug-likeness (QED) is 0.687. The minimum Gasteiger partial charge on any atom is -0.326 e. The van der Waals surface area contributed by atoms with E-state index in [1.165, 1.54) is 0 Å². The second-order valence-corrected chi connectivity index (χ2v) is 7.03. The molecule has 0 fully saturated rings. The summed E-state index contributed by atoms with van der Waals surface area (Å²) in [5.74, 6) is 0.393. The molecule has 2 aromatic heterocycles. The van der Waals surface area contributed by atoms with E-state index in [4.69, 9.17) is 0 Å². The van der Waals surface area contributed by atoms with Gasteiger partial charge in [0.15, 0.2) is 0 Å². The maximum absolute atomic E-state index is 12.3. The molecule has 1 aromatic carbocycles. The highest BCUT2D eigenvalue weighted by atomic mass is 32.1. The first-order valence-corrected chi connectivity index (χ1v) is 9.25. The van der Waals surface area contributed by atoms with Crippen LogP contribution in [0.25, 0.3) is 10.6 Å². The number of hydrogen-bond acceptors (Lipinski definition) is 4. The number of carbonyl (C=O) groups is 1. The first-order chi connectivity index (χ1) is 12.1. The van der Waals surface area contributed by atoms with Crippen molar-refractivity contribution >= 4 is 22.9 Å². The molecule has 128 valence electrons. The smallest absolute Gasteiger partial charge is 0.224 e. The molecule has 0 saturated heterocycles. The number of aryl methyl sites for hydroxylation is 1. The van der Waals surface area contributed by atoms with Crippen molar-refractivity contribution in [2.24, 2.45) is 0 Å². The Morgan fingerprint density at radius 2 is 1.92 bits per heavy atom. The fraction of sp³-hybridized carbons (Fsp3) is 0.250. The Hall–Kier alpha value is -2.53. The summed E-state index contributed by atoms with van der Waals surface area (Å²) >= 11 is 1.59. The van der Waals surface area contributed by atoms with Gasteiger partial charge in [-0.2, -0.15) is 0 Å². The number of nitrogens with zero attached hydrogens (tertiary/aromatic N) is 2. The van der Waals surface area contributed by atoms with Crippen molar-refractivity contribution in [2.75, 3.05) is 5.32 Å². The molecule has 2 heterocycles. The fourth-order valence-electron chi connectivity index (χ4n) is 2.62. The van der Waals surface area contributed by atoms with Crippen LogP contribution in [0.5, 0.6) is 0 Å². The van der Waals surface area contributed by atoms with Crippen LogP contribution in [0.3, 0.4) is 0 Å². The monoisotopic (exact) mass is 351 g/mol. The summed E-state index contributed by atoms with van der Waals surface area (Å²) < 4.78 is 0. The van der Waals surface area contributed by atoms with Crippen molar-refractivity contribution < 1.29 is 4.79 Å². The molecule has 25 heavy (non-hydrogen) atoms. The van der Waals surface area contributed by atoms with E-state index in [-0.39, 0.29) is 5.91 Å². The second kappa shape index (κ2) is 8.03. The molecule has 5 heteroatoms. The highest BCUT2D eigenvalue weighted by Crippen LogP contribution is 2.25. The van der Waals surface area contributed by atoms with Crippen LogP contribution in [0, 0.1) is 0 Å². The van der Waals surface area contributed by atoms with Crippen molar-refractivity contribution in [1.29, 1.82) is 0 Å². The van der Waals surface area contributed by atoms with Gasteiger partial charge in [-0.1, -0.05) is 32.0 Å². The largest absolute Gasteiger partial charge is 0.326 e. The van der Waals surface area contributed by atoms with Crippen molar-refractivity contribution in [3.8, 4) is 10.6 Å². The van der Waals surface area contributed by atoms with Crippen molar-refractivity contribution in [1.82, 2.24) is 9.97 Å². The van der Waals surface area contributed by atoms with Crippen molar-refractivity contribution in [3.63, 3.8) is 0 Å². The Bertz CT molecular complexity index is 843. The van der Waals surface area contributed by atoms with Gasteiger partial charge in [-0.3, -0.25) is 9.78 Å². The predicted octanol–water partition coefficient (Wildman–Crippen LogP) is 4.90. The van der Waals surface area contributed by atoms with Gasteiger partial charge in [-0.25, -0.2) is 4.98 Å². The van der Waals surface area contributed by atoms with Crippen LogP contribution >= 0.6 is 11.3 Å². The van der Waals surface area contributed by atoms with E-state index < -0.39 is 0 Å². The number of amides is 1. The summed E-state index contributed by atoms with van der Waals surface area (Å²) in [5, 5.41) is 6.01. The molecule has 1 N–H and O–H groups in total. The third-order valence-corrected chi connectivity index (χ3v) is 4.88. The Morgan fingerprint density at radius 3 is 2.68 bits per heavy atom. The number of nitrogens with one attached hydrogen (secondary N) is 1. The maximum atomic E-state index is 12.3. The lowest BCUT2D eigenvalue weighted by molar-refractivity contribution is -0.116. The Labute approximate surface area is 152 Å². The molecular weight excluding hydrogens is 330 g/mol. The Balaban J connectivity index is 1.59. The SMILES string of the molecule is CC(C)c1ccccc1NC(=O)CCc1csc(-c2ccncc2)n1. The molecule has 3 aromatic rings. The van der Waals surface area contributed by atoms with E-state index in [0.29, 0.717) is 18.8 Å². The molecular formula is C20H21N3OS. The lowest BCUT2D eigenvalue weighted by atomic mass is 10.0. The summed E-state index contributed by atoms with van der Waals surface area (Å²) in [6, 6.07) is 11.8. The van der Waals surface area contributed by atoms with Gasteiger partial charge in [0.1, 0.15) is 5.01 Å². The second-order valence-electron chi connectivity index (χ2n) is 6.17. The van der Waals surface area contributed by atoms with Gasteiger partial charge < -0.3 is 5.32 Å². The average molecular weight is 351 g/mol. The van der Waals surface area contributed by atoms with Crippen LogP contribution in [0.1, 0.15) is 37.4 Å². The number of hydrogen-bond donors (Lipinski definition) is 1. The zero-order valence-electron chi connectivity index (χ0n) is 14.4. The van der Waals surface area contributed by atoms with Gasteiger partial charge >= 0.3 is 0 Å². The number of aromatic nitrogens is 2. The fourth-order valence-corrected chi connectivity index (χ4v) is 3.48. The van der Waals surface area contributed by atoms with Crippen LogP contribution in [-0.2, 0) is 11.2 Å². The number of para-hydroxylation sites is 1. The van der Waals surface area contributed by atoms with Crippen molar-refractivity contribution in [2.45, 2.75) is 32.6 Å². The predicted molar refractivity (Wildman–Crippen MR) is 103 cm³/mol. The van der Waals surface area contributed by atoms with E-state index in [0.717, 1.165) is 27.5 Å². The van der Waals surface area contributed by atoms with Crippen LogP contribution in [-0.4, -0.2) is 15.9 Å². The highest BCUT2D eigenvalue weighted by molar-refractivity contribution is 7.13. The zero-order valence-corrected chi connectivity index (χ0v) is 15.2. The molecule has 0 atom stereocenters. The molecule has 0 unspecified atom stereocenters. The molecule has 1 amide bonds. The normalized spacial score (nSPS) is 10.8. The summed E-state index contributed by atoms with van der Waals surface area (Å²) in [4.78, 5) is 20.9. The number of pyridine rings is 1. The average Bonchev–Trinajstić information content (AvgIpc) is 3.10. The molecule has 3 rings (SSSR count). The van der Waals surface area contributed by atoms with Crippen LogP contribution in [0.15, 0.2) is 54.2 Å². The van der Waals surface area contributed by atoms with Gasteiger partial charge in [-0.05, 0) is 36.1 Å². The first-order valence-electron chi connectivity index (χ1n) is 8.37.